The highest BCUT2D eigenvalue weighted by molar-refractivity contribution is 5.85. The van der Waals surface area contributed by atoms with Crippen molar-refractivity contribution >= 4 is 16.9 Å². The van der Waals surface area contributed by atoms with Crippen molar-refractivity contribution in [2.75, 3.05) is 0 Å². The number of furan rings is 1. The van der Waals surface area contributed by atoms with E-state index in [9.17, 15) is 18.0 Å². The minimum absolute atomic E-state index is 0.100. The van der Waals surface area contributed by atoms with E-state index in [-0.39, 0.29) is 24.3 Å². The van der Waals surface area contributed by atoms with Crippen LogP contribution in [-0.4, -0.2) is 20.7 Å². The summed E-state index contributed by atoms with van der Waals surface area (Å²) in [5, 5.41) is 7.35. The maximum Gasteiger partial charge on any atom is 0.453 e. The first-order chi connectivity index (χ1) is 14.3. The summed E-state index contributed by atoms with van der Waals surface area (Å²) < 4.78 is 46.2. The fourth-order valence-corrected chi connectivity index (χ4v) is 3.94. The van der Waals surface area contributed by atoms with Gasteiger partial charge in [0.25, 0.3) is 5.82 Å². The number of fused-ring (bicyclic) bond motifs is 1. The molecule has 1 aliphatic rings. The maximum atomic E-state index is 13.2. The number of nitrogens with one attached hydrogen (secondary N) is 1. The fraction of sp³-hybridized carbons (Fsp3) is 0.476. The van der Waals surface area contributed by atoms with Gasteiger partial charge in [-0.1, -0.05) is 25.3 Å². The molecule has 0 bridgehead atoms. The Morgan fingerprint density at radius 3 is 2.77 bits per heavy atom. The summed E-state index contributed by atoms with van der Waals surface area (Å²) in [6.45, 7) is 1.65. The smallest absolute Gasteiger partial charge is 0.453 e. The summed E-state index contributed by atoms with van der Waals surface area (Å²) in [7, 11) is 0. The van der Waals surface area contributed by atoms with Gasteiger partial charge in [0.05, 0.1) is 24.8 Å². The summed E-state index contributed by atoms with van der Waals surface area (Å²) >= 11 is 0. The van der Waals surface area contributed by atoms with Gasteiger partial charge in [-0.05, 0) is 43.5 Å². The van der Waals surface area contributed by atoms with Crippen molar-refractivity contribution in [3.05, 3.63) is 47.7 Å². The molecule has 1 unspecified atom stereocenters. The lowest BCUT2D eigenvalue weighted by atomic mass is 9.95. The second-order valence-corrected chi connectivity index (χ2v) is 7.74. The number of carbonyl (C=O) groups is 1. The van der Waals surface area contributed by atoms with Gasteiger partial charge >= 0.3 is 6.18 Å². The van der Waals surface area contributed by atoms with Crippen LogP contribution in [-0.2, 0) is 17.5 Å². The molecule has 1 fully saturated rings. The molecular weight excluding hydrogens is 397 g/mol. The second kappa shape index (κ2) is 8.12. The Morgan fingerprint density at radius 1 is 1.27 bits per heavy atom. The van der Waals surface area contributed by atoms with Crippen LogP contribution < -0.4 is 5.32 Å². The molecular formula is C21H23F3N4O2. The van der Waals surface area contributed by atoms with Crippen LogP contribution in [0, 0.1) is 0 Å². The summed E-state index contributed by atoms with van der Waals surface area (Å²) in [4.78, 5) is 16.4. The zero-order valence-electron chi connectivity index (χ0n) is 16.6. The van der Waals surface area contributed by atoms with Gasteiger partial charge in [0.15, 0.2) is 0 Å². The minimum Gasteiger partial charge on any atom is -0.464 e. The van der Waals surface area contributed by atoms with Crippen molar-refractivity contribution in [3.8, 4) is 0 Å². The van der Waals surface area contributed by atoms with Gasteiger partial charge in [-0.25, -0.2) is 9.67 Å². The Kier molecular flexibility index (Phi) is 5.53. The van der Waals surface area contributed by atoms with Crippen LogP contribution in [0.2, 0.25) is 0 Å². The molecule has 4 rings (SSSR count). The predicted octanol–water partition coefficient (Wildman–Crippen LogP) is 4.97. The van der Waals surface area contributed by atoms with Gasteiger partial charge in [0.2, 0.25) is 5.91 Å². The molecule has 2 aromatic heterocycles. The number of amides is 1. The minimum atomic E-state index is -4.62. The SMILES string of the molecule is CC(C(=O)NCc1nc(C(F)(F)F)nn1C1CCCCC1)c1ccc2occc2c1. The van der Waals surface area contributed by atoms with E-state index < -0.39 is 17.9 Å². The molecule has 1 aromatic carbocycles. The molecule has 2 heterocycles. The number of carbonyl (C=O) groups excluding carboxylic acids is 1. The Labute approximate surface area is 171 Å². The fourth-order valence-electron chi connectivity index (χ4n) is 3.94. The zero-order valence-corrected chi connectivity index (χ0v) is 16.6. The van der Waals surface area contributed by atoms with E-state index in [2.05, 4.69) is 15.4 Å². The third-order valence-electron chi connectivity index (χ3n) is 5.67. The number of alkyl halides is 3. The third kappa shape index (κ3) is 4.20. The van der Waals surface area contributed by atoms with E-state index in [0.29, 0.717) is 0 Å². The van der Waals surface area contributed by atoms with Crippen molar-refractivity contribution in [1.82, 2.24) is 20.1 Å². The van der Waals surface area contributed by atoms with Gasteiger partial charge in [0.1, 0.15) is 11.4 Å². The highest BCUT2D eigenvalue weighted by Crippen LogP contribution is 2.32. The van der Waals surface area contributed by atoms with E-state index in [1.165, 1.54) is 4.68 Å². The van der Waals surface area contributed by atoms with Gasteiger partial charge < -0.3 is 9.73 Å². The van der Waals surface area contributed by atoms with Crippen LogP contribution in [0.5, 0.6) is 0 Å². The Hall–Kier alpha value is -2.84. The monoisotopic (exact) mass is 420 g/mol. The van der Waals surface area contributed by atoms with E-state index in [1.54, 1.807) is 19.3 Å². The van der Waals surface area contributed by atoms with Gasteiger partial charge in [0, 0.05) is 5.39 Å². The molecule has 1 N–H and O–H groups in total. The summed E-state index contributed by atoms with van der Waals surface area (Å²) in [5.74, 6) is -1.78. The number of benzene rings is 1. The number of hydrogen-bond acceptors (Lipinski definition) is 4. The van der Waals surface area contributed by atoms with Crippen LogP contribution in [0.3, 0.4) is 0 Å². The lowest BCUT2D eigenvalue weighted by molar-refractivity contribution is -0.145. The Bertz CT molecular complexity index is 1030. The number of nitrogens with zero attached hydrogens (tertiary/aromatic N) is 3. The van der Waals surface area contributed by atoms with Crippen LogP contribution in [0.4, 0.5) is 13.2 Å². The van der Waals surface area contributed by atoms with Crippen molar-refractivity contribution in [1.29, 1.82) is 0 Å². The normalized spacial score (nSPS) is 16.7. The Balaban J connectivity index is 1.50. The van der Waals surface area contributed by atoms with Crippen molar-refractivity contribution in [2.24, 2.45) is 0 Å². The van der Waals surface area contributed by atoms with Crippen molar-refractivity contribution in [2.45, 2.75) is 63.7 Å². The third-order valence-corrected chi connectivity index (χ3v) is 5.67. The molecule has 30 heavy (non-hydrogen) atoms. The first kappa shape index (κ1) is 20.4. The van der Waals surface area contributed by atoms with E-state index >= 15 is 0 Å². The lowest BCUT2D eigenvalue weighted by Crippen LogP contribution is -2.29. The van der Waals surface area contributed by atoms with Gasteiger partial charge in [-0.2, -0.15) is 13.2 Å². The van der Waals surface area contributed by atoms with E-state index in [1.807, 2.05) is 18.2 Å². The molecule has 1 atom stereocenters. The molecule has 160 valence electrons. The van der Waals surface area contributed by atoms with Crippen molar-refractivity contribution < 1.29 is 22.4 Å². The van der Waals surface area contributed by atoms with Crippen LogP contribution in [0.1, 0.15) is 68.2 Å². The standard InChI is InChI=1S/C21H23F3N4O2/c1-13(14-7-8-17-15(11-14)9-10-30-17)19(29)25-12-18-26-20(21(22,23)24)27-28(18)16-5-3-2-4-6-16/h7-11,13,16H,2-6,12H2,1H3,(H,25,29). The molecule has 0 spiro atoms. The first-order valence-electron chi connectivity index (χ1n) is 10.1. The molecule has 1 saturated carbocycles. The van der Waals surface area contributed by atoms with Crippen LogP contribution >= 0.6 is 0 Å². The number of hydrogen-bond donors (Lipinski definition) is 1. The van der Waals surface area contributed by atoms with E-state index in [4.69, 9.17) is 4.42 Å². The van der Waals surface area contributed by atoms with E-state index in [0.717, 1.165) is 48.6 Å². The predicted molar refractivity (Wildman–Crippen MR) is 104 cm³/mol. The molecule has 9 heteroatoms. The average molecular weight is 420 g/mol. The van der Waals surface area contributed by atoms with Crippen molar-refractivity contribution in [3.63, 3.8) is 0 Å². The highest BCUT2D eigenvalue weighted by Gasteiger charge is 2.38. The topological polar surface area (TPSA) is 73.0 Å². The molecule has 1 aliphatic carbocycles. The molecule has 0 aliphatic heterocycles. The van der Waals surface area contributed by atoms with Gasteiger partial charge in [-0.15, -0.1) is 5.10 Å². The number of rotatable bonds is 5. The molecule has 6 nitrogen and oxygen atoms in total. The average Bonchev–Trinajstić information content (AvgIpc) is 3.38. The summed E-state index contributed by atoms with van der Waals surface area (Å²) in [6, 6.07) is 7.17. The van der Waals surface area contributed by atoms with Crippen LogP contribution in [0.25, 0.3) is 11.0 Å². The lowest BCUT2D eigenvalue weighted by Gasteiger charge is -2.23. The molecule has 0 saturated heterocycles. The molecule has 1 amide bonds. The highest BCUT2D eigenvalue weighted by atomic mass is 19.4. The molecule has 3 aromatic rings. The zero-order chi connectivity index (χ0) is 21.3. The maximum absolute atomic E-state index is 13.2. The van der Waals surface area contributed by atoms with Crippen LogP contribution in [0.15, 0.2) is 34.9 Å². The number of halogens is 3. The quantitative estimate of drug-likeness (QED) is 0.633. The largest absolute Gasteiger partial charge is 0.464 e. The summed E-state index contributed by atoms with van der Waals surface area (Å²) in [5.41, 5.74) is 1.53. The summed E-state index contributed by atoms with van der Waals surface area (Å²) in [6.07, 6.45) is 1.46. The second-order valence-electron chi connectivity index (χ2n) is 7.74. The Morgan fingerprint density at radius 2 is 2.03 bits per heavy atom. The number of aromatic nitrogens is 3. The first-order valence-corrected chi connectivity index (χ1v) is 10.1. The molecule has 0 radical (unpaired) electrons. The van der Waals surface area contributed by atoms with Gasteiger partial charge in [-0.3, -0.25) is 4.79 Å².